The first-order valence-corrected chi connectivity index (χ1v) is 8.26. The van der Waals surface area contributed by atoms with Gasteiger partial charge in [-0.3, -0.25) is 9.59 Å². The van der Waals surface area contributed by atoms with Crippen molar-refractivity contribution in [3.05, 3.63) is 69.3 Å². The molecule has 3 nitrogen and oxygen atoms in total. The molecule has 2 aromatic carbocycles. The first-order valence-electron chi connectivity index (χ1n) is 7.07. The molecular formula is C17H8ClF4NO2S. The number of hydrogen-bond acceptors (Lipinski definition) is 3. The van der Waals surface area contributed by atoms with Gasteiger partial charge in [0.25, 0.3) is 11.1 Å². The Kier molecular flexibility index (Phi) is 4.81. The third kappa shape index (κ3) is 3.61. The second-order valence-corrected chi connectivity index (χ2v) is 6.63. The van der Waals surface area contributed by atoms with Crippen molar-refractivity contribution in [3.63, 3.8) is 0 Å². The molecule has 0 unspecified atom stereocenters. The van der Waals surface area contributed by atoms with Gasteiger partial charge in [0.1, 0.15) is 5.82 Å². The van der Waals surface area contributed by atoms with Crippen molar-refractivity contribution in [2.45, 2.75) is 6.18 Å². The monoisotopic (exact) mass is 401 g/mol. The second-order valence-electron chi connectivity index (χ2n) is 5.23. The highest BCUT2D eigenvalue weighted by molar-refractivity contribution is 8.19. The number of carbonyl (C=O) groups is 2. The van der Waals surface area contributed by atoms with E-state index in [1.807, 2.05) is 0 Å². The first-order chi connectivity index (χ1) is 12.2. The number of carbonyl (C=O) groups excluding carboxylic acids is 2. The van der Waals surface area contributed by atoms with Crippen LogP contribution in [0.3, 0.4) is 0 Å². The van der Waals surface area contributed by atoms with Gasteiger partial charge in [-0.25, -0.2) is 9.29 Å². The molecule has 0 N–H and O–H groups in total. The minimum atomic E-state index is -4.73. The standard InChI is InChI=1S/C17H8ClF4NO2S/c18-13-5-4-11(8-12(13)17(20,21)22)23-15(24)14(26-16(23)25)7-9-2-1-3-10(19)6-9/h1-8H/b14-7-. The van der Waals surface area contributed by atoms with Crippen LogP contribution in [-0.4, -0.2) is 11.1 Å². The van der Waals surface area contributed by atoms with E-state index >= 15 is 0 Å². The summed E-state index contributed by atoms with van der Waals surface area (Å²) in [6, 6.07) is 8.11. The van der Waals surface area contributed by atoms with Crippen LogP contribution in [0.15, 0.2) is 47.4 Å². The van der Waals surface area contributed by atoms with E-state index in [9.17, 15) is 27.2 Å². The molecule has 1 fully saturated rings. The highest BCUT2D eigenvalue weighted by Crippen LogP contribution is 2.40. The summed E-state index contributed by atoms with van der Waals surface area (Å²) in [6.45, 7) is 0. The highest BCUT2D eigenvalue weighted by atomic mass is 35.5. The largest absolute Gasteiger partial charge is 0.417 e. The number of anilines is 1. The van der Waals surface area contributed by atoms with Gasteiger partial charge in [-0.2, -0.15) is 13.2 Å². The summed E-state index contributed by atoms with van der Waals surface area (Å²) in [5.74, 6) is -1.31. The molecule has 1 heterocycles. The van der Waals surface area contributed by atoms with Crippen LogP contribution in [-0.2, 0) is 11.0 Å². The quantitative estimate of drug-likeness (QED) is 0.475. The zero-order chi connectivity index (χ0) is 19.1. The number of amides is 2. The molecule has 134 valence electrons. The number of halogens is 5. The molecule has 9 heteroatoms. The fourth-order valence-electron chi connectivity index (χ4n) is 2.31. The summed E-state index contributed by atoms with van der Waals surface area (Å²) in [4.78, 5) is 25.2. The van der Waals surface area contributed by atoms with E-state index in [2.05, 4.69) is 0 Å². The molecule has 0 aliphatic carbocycles. The van der Waals surface area contributed by atoms with Gasteiger partial charge in [0, 0.05) is 0 Å². The Labute approximate surface area is 154 Å². The molecule has 2 amide bonds. The lowest BCUT2D eigenvalue weighted by Crippen LogP contribution is -2.28. The topological polar surface area (TPSA) is 37.4 Å². The molecule has 0 atom stereocenters. The fourth-order valence-corrected chi connectivity index (χ4v) is 3.37. The van der Waals surface area contributed by atoms with Crippen molar-refractivity contribution >= 4 is 46.3 Å². The van der Waals surface area contributed by atoms with E-state index in [0.717, 1.165) is 18.2 Å². The maximum atomic E-state index is 13.2. The first kappa shape index (κ1) is 18.5. The summed E-state index contributed by atoms with van der Waals surface area (Å²) >= 11 is 6.11. The van der Waals surface area contributed by atoms with Gasteiger partial charge < -0.3 is 0 Å². The smallest absolute Gasteiger partial charge is 0.268 e. The Hall–Kier alpha value is -2.32. The van der Waals surface area contributed by atoms with Gasteiger partial charge in [0.2, 0.25) is 0 Å². The van der Waals surface area contributed by atoms with Gasteiger partial charge in [0.15, 0.2) is 0 Å². The molecular weight excluding hydrogens is 394 g/mol. The van der Waals surface area contributed by atoms with E-state index in [1.54, 1.807) is 0 Å². The zero-order valence-corrected chi connectivity index (χ0v) is 14.3. The number of rotatable bonds is 2. The maximum Gasteiger partial charge on any atom is 0.417 e. The van der Waals surface area contributed by atoms with Crippen LogP contribution in [0.5, 0.6) is 0 Å². The van der Waals surface area contributed by atoms with Crippen molar-refractivity contribution in [2.75, 3.05) is 4.90 Å². The summed E-state index contributed by atoms with van der Waals surface area (Å²) in [5, 5.41) is -1.29. The third-order valence-corrected chi connectivity index (χ3v) is 4.65. The number of thioether (sulfide) groups is 1. The molecule has 0 bridgehead atoms. The summed E-state index contributed by atoms with van der Waals surface area (Å²) in [7, 11) is 0. The van der Waals surface area contributed by atoms with E-state index in [1.165, 1.54) is 24.3 Å². The highest BCUT2D eigenvalue weighted by Gasteiger charge is 2.39. The molecule has 1 aliphatic heterocycles. The van der Waals surface area contributed by atoms with Crippen LogP contribution in [0.25, 0.3) is 6.08 Å². The number of alkyl halides is 3. The van der Waals surface area contributed by atoms with Crippen molar-refractivity contribution in [2.24, 2.45) is 0 Å². The van der Waals surface area contributed by atoms with E-state index in [0.29, 0.717) is 28.3 Å². The molecule has 0 saturated carbocycles. The van der Waals surface area contributed by atoms with E-state index in [4.69, 9.17) is 11.6 Å². The van der Waals surface area contributed by atoms with E-state index < -0.39 is 33.7 Å². The van der Waals surface area contributed by atoms with Gasteiger partial charge in [-0.1, -0.05) is 23.7 Å². The second kappa shape index (κ2) is 6.77. The fraction of sp³-hybridized carbons (Fsp3) is 0.0588. The lowest BCUT2D eigenvalue weighted by Gasteiger charge is -2.16. The Bertz CT molecular complexity index is 943. The molecule has 0 spiro atoms. The Morgan fingerprint density at radius 3 is 2.46 bits per heavy atom. The van der Waals surface area contributed by atoms with Crippen molar-refractivity contribution in [3.8, 4) is 0 Å². The van der Waals surface area contributed by atoms with Gasteiger partial charge in [0.05, 0.1) is 21.2 Å². The average molecular weight is 402 g/mol. The summed E-state index contributed by atoms with van der Waals surface area (Å²) in [6.07, 6.45) is -3.43. The molecule has 1 saturated heterocycles. The predicted octanol–water partition coefficient (Wildman–Crippen LogP) is 5.74. The Morgan fingerprint density at radius 2 is 1.81 bits per heavy atom. The average Bonchev–Trinajstić information content (AvgIpc) is 2.81. The number of hydrogen-bond donors (Lipinski definition) is 0. The van der Waals surface area contributed by atoms with Crippen molar-refractivity contribution in [1.29, 1.82) is 0 Å². The number of imide groups is 1. The van der Waals surface area contributed by atoms with Gasteiger partial charge in [-0.15, -0.1) is 0 Å². The maximum absolute atomic E-state index is 13.2. The van der Waals surface area contributed by atoms with Crippen molar-refractivity contribution in [1.82, 2.24) is 0 Å². The van der Waals surface area contributed by atoms with Crippen LogP contribution in [0.4, 0.5) is 28.0 Å². The van der Waals surface area contributed by atoms with Crippen molar-refractivity contribution < 1.29 is 27.2 Å². The molecule has 0 aromatic heterocycles. The van der Waals surface area contributed by atoms with Crippen LogP contribution in [0.2, 0.25) is 5.02 Å². The Balaban J connectivity index is 1.98. The zero-order valence-electron chi connectivity index (χ0n) is 12.7. The number of benzene rings is 2. The summed E-state index contributed by atoms with van der Waals surface area (Å²) in [5.41, 5.74) is -1.04. The van der Waals surface area contributed by atoms with Crippen LogP contribution in [0, 0.1) is 5.82 Å². The lowest BCUT2D eigenvalue weighted by molar-refractivity contribution is -0.137. The Morgan fingerprint density at radius 1 is 1.08 bits per heavy atom. The van der Waals surface area contributed by atoms with Crippen LogP contribution in [0.1, 0.15) is 11.1 Å². The normalized spacial score (nSPS) is 16.7. The molecule has 26 heavy (non-hydrogen) atoms. The number of nitrogens with zero attached hydrogens (tertiary/aromatic N) is 1. The van der Waals surface area contributed by atoms with Gasteiger partial charge >= 0.3 is 6.18 Å². The lowest BCUT2D eigenvalue weighted by atomic mass is 10.1. The predicted molar refractivity (Wildman–Crippen MR) is 91.3 cm³/mol. The van der Waals surface area contributed by atoms with Crippen LogP contribution >= 0.6 is 23.4 Å². The minimum absolute atomic E-state index is 0.0240. The minimum Gasteiger partial charge on any atom is -0.268 e. The van der Waals surface area contributed by atoms with Gasteiger partial charge in [-0.05, 0) is 53.7 Å². The summed E-state index contributed by atoms with van der Waals surface area (Å²) < 4.78 is 52.2. The molecule has 2 aromatic rings. The third-order valence-electron chi connectivity index (χ3n) is 3.45. The SMILES string of the molecule is O=C1S/C(=C\c2cccc(F)c2)C(=O)N1c1ccc(Cl)c(C(F)(F)F)c1. The van der Waals surface area contributed by atoms with E-state index in [-0.39, 0.29) is 10.6 Å². The molecule has 0 radical (unpaired) electrons. The molecule has 1 aliphatic rings. The van der Waals surface area contributed by atoms with Crippen LogP contribution < -0.4 is 4.90 Å². The molecule has 3 rings (SSSR count).